The zero-order valence-electron chi connectivity index (χ0n) is 12.2. The fourth-order valence-corrected chi connectivity index (χ4v) is 3.26. The Balaban J connectivity index is 2.51. The second-order valence-corrected chi connectivity index (χ2v) is 6.41. The van der Waals surface area contributed by atoms with Crippen molar-refractivity contribution in [3.05, 3.63) is 10.5 Å². The van der Waals surface area contributed by atoms with Crippen LogP contribution in [0.1, 0.15) is 83.6 Å². The van der Waals surface area contributed by atoms with Crippen LogP contribution < -0.4 is 0 Å². The molecule has 3 heteroatoms. The molecule has 0 radical (unpaired) electrons. The number of hydrogen-bond acceptors (Lipinski definition) is 3. The van der Waals surface area contributed by atoms with E-state index >= 15 is 0 Å². The van der Waals surface area contributed by atoms with Gasteiger partial charge in [-0.25, -0.2) is 0 Å². The molecular formula is C15H28N2S. The second kappa shape index (κ2) is 8.63. The van der Waals surface area contributed by atoms with Gasteiger partial charge in [0.15, 0.2) is 0 Å². The molecule has 0 aromatic carbocycles. The first-order valence-electron chi connectivity index (χ1n) is 7.49. The summed E-state index contributed by atoms with van der Waals surface area (Å²) >= 11 is 1.73. The Bertz CT molecular complexity index is 297. The Labute approximate surface area is 116 Å². The largest absolute Gasteiger partial charge is 0.147 e. The van der Waals surface area contributed by atoms with E-state index in [0.717, 1.165) is 0 Å². The quantitative estimate of drug-likeness (QED) is 0.535. The van der Waals surface area contributed by atoms with Crippen LogP contribution in [0.3, 0.4) is 0 Å². The van der Waals surface area contributed by atoms with Gasteiger partial charge in [-0.1, -0.05) is 65.7 Å². The minimum absolute atomic E-state index is 0.268. The molecule has 0 amide bonds. The standard InChI is InChI=1S/C15H28N2S/c1-4-6-8-10-12-15(3,11-9-7-5-2)14-17-16-13-18-14/h13H,4-12H2,1-3H3. The van der Waals surface area contributed by atoms with Crippen LogP contribution in [0.25, 0.3) is 0 Å². The van der Waals surface area contributed by atoms with Gasteiger partial charge in [-0.05, 0) is 12.8 Å². The van der Waals surface area contributed by atoms with Crippen LogP contribution in [0, 0.1) is 0 Å². The van der Waals surface area contributed by atoms with Gasteiger partial charge in [-0.2, -0.15) is 0 Å². The average molecular weight is 268 g/mol. The van der Waals surface area contributed by atoms with Crippen molar-refractivity contribution in [2.24, 2.45) is 0 Å². The Morgan fingerprint density at radius 2 is 1.61 bits per heavy atom. The summed E-state index contributed by atoms with van der Waals surface area (Å²) in [6, 6.07) is 0. The van der Waals surface area contributed by atoms with Crippen LogP contribution in [0.4, 0.5) is 0 Å². The maximum Gasteiger partial charge on any atom is 0.123 e. The lowest BCUT2D eigenvalue weighted by atomic mass is 9.80. The predicted octanol–water partition coefficient (Wildman–Crippen LogP) is 5.35. The molecule has 2 nitrogen and oxygen atoms in total. The first kappa shape index (κ1) is 15.6. The first-order valence-corrected chi connectivity index (χ1v) is 8.37. The molecule has 18 heavy (non-hydrogen) atoms. The van der Waals surface area contributed by atoms with Crippen molar-refractivity contribution in [2.75, 3.05) is 0 Å². The molecule has 0 aliphatic rings. The van der Waals surface area contributed by atoms with E-state index in [-0.39, 0.29) is 5.41 Å². The van der Waals surface area contributed by atoms with Gasteiger partial charge in [0.05, 0.1) is 0 Å². The van der Waals surface area contributed by atoms with Gasteiger partial charge in [-0.15, -0.1) is 21.5 Å². The van der Waals surface area contributed by atoms with Crippen LogP contribution in [-0.4, -0.2) is 10.2 Å². The normalized spacial score (nSPS) is 14.6. The lowest BCUT2D eigenvalue weighted by Gasteiger charge is -2.27. The SMILES string of the molecule is CCCCCCC(C)(CCCCC)c1nncs1. The van der Waals surface area contributed by atoms with Gasteiger partial charge in [0.2, 0.25) is 0 Å². The number of nitrogens with zero attached hydrogens (tertiary/aromatic N) is 2. The highest BCUT2D eigenvalue weighted by molar-refractivity contribution is 7.09. The number of aromatic nitrogens is 2. The van der Waals surface area contributed by atoms with E-state index in [1.165, 1.54) is 62.8 Å². The second-order valence-electron chi connectivity index (χ2n) is 5.57. The molecular weight excluding hydrogens is 240 g/mol. The molecule has 0 spiro atoms. The Morgan fingerprint density at radius 3 is 2.17 bits per heavy atom. The van der Waals surface area contributed by atoms with Crippen molar-refractivity contribution >= 4 is 11.3 Å². The van der Waals surface area contributed by atoms with Crippen LogP contribution in [-0.2, 0) is 5.41 Å². The molecule has 0 N–H and O–H groups in total. The Kier molecular flexibility index (Phi) is 7.48. The van der Waals surface area contributed by atoms with Crippen LogP contribution in [0.2, 0.25) is 0 Å². The fourth-order valence-electron chi connectivity index (χ4n) is 2.48. The van der Waals surface area contributed by atoms with E-state index in [1.807, 2.05) is 5.51 Å². The van der Waals surface area contributed by atoms with Crippen molar-refractivity contribution in [2.45, 2.75) is 84.0 Å². The van der Waals surface area contributed by atoms with Crippen LogP contribution in [0.5, 0.6) is 0 Å². The van der Waals surface area contributed by atoms with E-state index in [1.54, 1.807) is 11.3 Å². The summed E-state index contributed by atoms with van der Waals surface area (Å²) in [6.45, 7) is 6.92. The van der Waals surface area contributed by atoms with Crippen molar-refractivity contribution in [3.8, 4) is 0 Å². The molecule has 0 saturated heterocycles. The highest BCUT2D eigenvalue weighted by Gasteiger charge is 2.28. The van der Waals surface area contributed by atoms with E-state index in [4.69, 9.17) is 0 Å². The summed E-state index contributed by atoms with van der Waals surface area (Å²) in [6.07, 6.45) is 11.8. The van der Waals surface area contributed by atoms with Gasteiger partial charge in [0, 0.05) is 5.41 Å². The minimum Gasteiger partial charge on any atom is -0.147 e. The van der Waals surface area contributed by atoms with Crippen molar-refractivity contribution in [3.63, 3.8) is 0 Å². The third-order valence-corrected chi connectivity index (χ3v) is 4.79. The molecule has 0 aliphatic carbocycles. The third kappa shape index (κ3) is 5.05. The Morgan fingerprint density at radius 1 is 1.00 bits per heavy atom. The van der Waals surface area contributed by atoms with Gasteiger partial charge < -0.3 is 0 Å². The monoisotopic (exact) mass is 268 g/mol. The minimum atomic E-state index is 0.268. The Hall–Kier alpha value is -0.440. The maximum atomic E-state index is 4.33. The van der Waals surface area contributed by atoms with Gasteiger partial charge in [0.25, 0.3) is 0 Å². The average Bonchev–Trinajstić information content (AvgIpc) is 2.89. The van der Waals surface area contributed by atoms with Crippen LogP contribution >= 0.6 is 11.3 Å². The molecule has 0 saturated carbocycles. The highest BCUT2D eigenvalue weighted by atomic mass is 32.1. The van der Waals surface area contributed by atoms with E-state index < -0.39 is 0 Å². The highest BCUT2D eigenvalue weighted by Crippen LogP contribution is 2.35. The third-order valence-electron chi connectivity index (χ3n) is 3.79. The zero-order valence-corrected chi connectivity index (χ0v) is 13.1. The molecule has 1 heterocycles. The topological polar surface area (TPSA) is 25.8 Å². The molecule has 0 fully saturated rings. The van der Waals surface area contributed by atoms with Crippen molar-refractivity contribution in [1.29, 1.82) is 0 Å². The molecule has 1 aromatic rings. The number of hydrogen-bond donors (Lipinski definition) is 0. The molecule has 1 unspecified atom stereocenters. The van der Waals surface area contributed by atoms with Crippen LogP contribution in [0.15, 0.2) is 5.51 Å². The van der Waals surface area contributed by atoms with Crippen molar-refractivity contribution in [1.82, 2.24) is 10.2 Å². The first-order chi connectivity index (χ1) is 8.73. The summed E-state index contributed by atoms with van der Waals surface area (Å²) < 4.78 is 0. The summed E-state index contributed by atoms with van der Waals surface area (Å²) in [5, 5.41) is 9.61. The van der Waals surface area contributed by atoms with E-state index in [0.29, 0.717) is 0 Å². The number of rotatable bonds is 10. The summed E-state index contributed by atoms with van der Waals surface area (Å²) in [5.74, 6) is 0. The molecule has 104 valence electrons. The summed E-state index contributed by atoms with van der Waals surface area (Å²) in [7, 11) is 0. The van der Waals surface area contributed by atoms with Gasteiger partial charge in [-0.3, -0.25) is 0 Å². The fraction of sp³-hybridized carbons (Fsp3) is 0.867. The lowest BCUT2D eigenvalue weighted by Crippen LogP contribution is -2.22. The molecule has 1 rings (SSSR count). The smallest absolute Gasteiger partial charge is 0.123 e. The van der Waals surface area contributed by atoms with Crippen molar-refractivity contribution < 1.29 is 0 Å². The molecule has 0 aliphatic heterocycles. The summed E-state index contributed by atoms with van der Waals surface area (Å²) in [4.78, 5) is 0. The maximum absolute atomic E-state index is 4.33. The molecule has 0 bridgehead atoms. The molecule has 1 atom stereocenters. The summed E-state index contributed by atoms with van der Waals surface area (Å²) in [5.41, 5.74) is 2.14. The predicted molar refractivity (Wildman–Crippen MR) is 80.2 cm³/mol. The van der Waals surface area contributed by atoms with Gasteiger partial charge >= 0.3 is 0 Å². The number of unbranched alkanes of at least 4 members (excludes halogenated alkanes) is 5. The van der Waals surface area contributed by atoms with Gasteiger partial charge in [0.1, 0.15) is 10.5 Å². The lowest BCUT2D eigenvalue weighted by molar-refractivity contribution is 0.362. The molecule has 1 aromatic heterocycles. The zero-order chi connectivity index (χ0) is 13.3. The van der Waals surface area contributed by atoms with E-state index in [9.17, 15) is 0 Å². The van der Waals surface area contributed by atoms with E-state index in [2.05, 4.69) is 31.0 Å².